The Morgan fingerprint density at radius 2 is 1.92 bits per heavy atom. The van der Waals surface area contributed by atoms with Gasteiger partial charge in [-0.2, -0.15) is 4.80 Å². The number of halogens is 1. The Bertz CT molecular complexity index is 1080. The smallest absolute Gasteiger partial charge is 0.206 e. The number of rotatable bonds is 4. The molecule has 0 fully saturated rings. The number of hydrogen-bond acceptors (Lipinski definition) is 4. The van der Waals surface area contributed by atoms with Gasteiger partial charge in [0.2, 0.25) is 5.82 Å². The van der Waals surface area contributed by atoms with Gasteiger partial charge in [0.1, 0.15) is 6.54 Å². The zero-order valence-corrected chi connectivity index (χ0v) is 15.0. The van der Waals surface area contributed by atoms with E-state index < -0.39 is 0 Å². The average Bonchev–Trinajstić information content (AvgIpc) is 3.18. The molecule has 0 saturated heterocycles. The largest absolute Gasteiger partial charge is 0.358 e. The van der Waals surface area contributed by atoms with Gasteiger partial charge in [0.25, 0.3) is 0 Å². The summed E-state index contributed by atoms with van der Waals surface area (Å²) in [6.07, 6.45) is 0. The van der Waals surface area contributed by atoms with Crippen molar-refractivity contribution >= 4 is 32.6 Å². The second kappa shape index (κ2) is 6.25. The van der Waals surface area contributed by atoms with E-state index in [0.29, 0.717) is 11.4 Å². The number of aryl methyl sites for hydroxylation is 1. The number of aromatic amines is 1. The third kappa shape index (κ3) is 2.87. The third-order valence-electron chi connectivity index (χ3n) is 4.03. The van der Waals surface area contributed by atoms with E-state index in [1.807, 2.05) is 55.5 Å². The minimum atomic E-state index is -0.0500. The van der Waals surface area contributed by atoms with Crippen LogP contribution in [0.1, 0.15) is 16.1 Å². The van der Waals surface area contributed by atoms with Gasteiger partial charge in [-0.1, -0.05) is 46.3 Å². The standard InChI is InChI=1S/C18H14BrN5O/c1-11-17(13-7-3-5-9-15(13)20-11)16(25)10-24-22-18(21-23-24)12-6-2-4-8-14(12)19/h2-9,20H,10H2,1H3. The van der Waals surface area contributed by atoms with Crippen molar-refractivity contribution < 1.29 is 4.79 Å². The van der Waals surface area contributed by atoms with E-state index in [0.717, 1.165) is 26.6 Å². The number of aromatic nitrogens is 5. The molecular formula is C18H14BrN5O. The van der Waals surface area contributed by atoms with Crippen LogP contribution < -0.4 is 0 Å². The number of para-hydroxylation sites is 1. The predicted molar refractivity (Wildman–Crippen MR) is 98.3 cm³/mol. The first-order valence-electron chi connectivity index (χ1n) is 7.76. The fourth-order valence-corrected chi connectivity index (χ4v) is 3.37. The number of Topliss-reactive ketones (excluding diaryl/α,β-unsaturated/α-hetero) is 1. The van der Waals surface area contributed by atoms with Crippen molar-refractivity contribution in [2.24, 2.45) is 0 Å². The summed E-state index contributed by atoms with van der Waals surface area (Å²) in [6.45, 7) is 1.94. The molecule has 0 atom stereocenters. The van der Waals surface area contributed by atoms with Crippen LogP contribution in [0, 0.1) is 6.92 Å². The van der Waals surface area contributed by atoms with Gasteiger partial charge in [-0.15, -0.1) is 10.2 Å². The highest BCUT2D eigenvalue weighted by atomic mass is 79.9. The molecule has 1 N–H and O–H groups in total. The van der Waals surface area contributed by atoms with Gasteiger partial charge < -0.3 is 4.98 Å². The van der Waals surface area contributed by atoms with Crippen LogP contribution in [-0.2, 0) is 6.54 Å². The summed E-state index contributed by atoms with van der Waals surface area (Å²) >= 11 is 3.47. The SMILES string of the molecule is Cc1[nH]c2ccccc2c1C(=O)Cn1nnc(-c2ccccc2Br)n1. The molecule has 0 unspecified atom stereocenters. The van der Waals surface area contributed by atoms with Crippen LogP contribution in [0.2, 0.25) is 0 Å². The van der Waals surface area contributed by atoms with Crippen LogP contribution in [0.25, 0.3) is 22.3 Å². The summed E-state index contributed by atoms with van der Waals surface area (Å²) in [5, 5.41) is 13.3. The van der Waals surface area contributed by atoms with Gasteiger partial charge in [-0.05, 0) is 30.3 Å². The van der Waals surface area contributed by atoms with Crippen LogP contribution in [0.15, 0.2) is 53.0 Å². The third-order valence-corrected chi connectivity index (χ3v) is 4.72. The van der Waals surface area contributed by atoms with E-state index in [2.05, 4.69) is 36.3 Å². The van der Waals surface area contributed by atoms with Crippen molar-refractivity contribution in [2.75, 3.05) is 0 Å². The van der Waals surface area contributed by atoms with Gasteiger partial charge in [0, 0.05) is 32.2 Å². The van der Waals surface area contributed by atoms with Gasteiger partial charge in [-0.25, -0.2) is 0 Å². The number of ketones is 1. The number of carbonyl (C=O) groups excluding carboxylic acids is 1. The number of tetrazole rings is 1. The van der Waals surface area contributed by atoms with E-state index in [1.54, 1.807) is 0 Å². The van der Waals surface area contributed by atoms with Crippen LogP contribution in [0.5, 0.6) is 0 Å². The Kier molecular flexibility index (Phi) is 3.93. The molecule has 4 aromatic rings. The second-order valence-electron chi connectivity index (χ2n) is 5.72. The van der Waals surface area contributed by atoms with E-state index in [4.69, 9.17) is 0 Å². The molecule has 2 aromatic heterocycles. The molecule has 2 heterocycles. The summed E-state index contributed by atoms with van der Waals surface area (Å²) in [5.74, 6) is 0.432. The molecule has 0 aliphatic heterocycles. The molecule has 0 aliphatic carbocycles. The van der Waals surface area contributed by atoms with E-state index >= 15 is 0 Å². The summed E-state index contributed by atoms with van der Waals surface area (Å²) in [6, 6.07) is 15.4. The Hall–Kier alpha value is -2.80. The lowest BCUT2D eigenvalue weighted by Crippen LogP contribution is -2.14. The highest BCUT2D eigenvalue weighted by Crippen LogP contribution is 2.25. The number of nitrogens with zero attached hydrogens (tertiary/aromatic N) is 4. The van der Waals surface area contributed by atoms with Crippen LogP contribution in [-0.4, -0.2) is 31.0 Å². The molecule has 25 heavy (non-hydrogen) atoms. The molecule has 7 heteroatoms. The summed E-state index contributed by atoms with van der Waals surface area (Å²) in [5.41, 5.74) is 3.31. The zero-order chi connectivity index (χ0) is 17.4. The summed E-state index contributed by atoms with van der Waals surface area (Å²) < 4.78 is 0.883. The topological polar surface area (TPSA) is 76.5 Å². The van der Waals surface area contributed by atoms with Crippen molar-refractivity contribution in [3.8, 4) is 11.4 Å². The number of carbonyl (C=O) groups is 1. The minimum absolute atomic E-state index is 0.0418. The van der Waals surface area contributed by atoms with Crippen LogP contribution >= 0.6 is 15.9 Å². The number of fused-ring (bicyclic) bond motifs is 1. The Morgan fingerprint density at radius 3 is 2.76 bits per heavy atom. The molecule has 0 amide bonds. The van der Waals surface area contributed by atoms with Crippen molar-refractivity contribution in [2.45, 2.75) is 13.5 Å². The van der Waals surface area contributed by atoms with E-state index in [1.165, 1.54) is 4.80 Å². The van der Waals surface area contributed by atoms with E-state index in [9.17, 15) is 4.79 Å². The van der Waals surface area contributed by atoms with Crippen LogP contribution in [0.4, 0.5) is 0 Å². The van der Waals surface area contributed by atoms with Gasteiger partial charge in [0.05, 0.1) is 0 Å². The Morgan fingerprint density at radius 1 is 1.16 bits per heavy atom. The first kappa shape index (κ1) is 15.7. The number of benzene rings is 2. The number of hydrogen-bond donors (Lipinski definition) is 1. The molecule has 4 rings (SSSR count). The monoisotopic (exact) mass is 395 g/mol. The minimum Gasteiger partial charge on any atom is -0.358 e. The maximum absolute atomic E-state index is 12.8. The van der Waals surface area contributed by atoms with E-state index in [-0.39, 0.29) is 12.3 Å². The highest BCUT2D eigenvalue weighted by Gasteiger charge is 2.18. The maximum atomic E-state index is 12.8. The fraction of sp³-hybridized carbons (Fsp3) is 0.111. The molecule has 0 spiro atoms. The lowest BCUT2D eigenvalue weighted by Gasteiger charge is -2.00. The van der Waals surface area contributed by atoms with Crippen molar-refractivity contribution in [3.63, 3.8) is 0 Å². The Balaban J connectivity index is 1.63. The molecule has 2 aromatic carbocycles. The predicted octanol–water partition coefficient (Wildman–Crippen LogP) is 3.78. The Labute approximate surface area is 152 Å². The molecule has 0 bridgehead atoms. The first-order valence-corrected chi connectivity index (χ1v) is 8.56. The highest BCUT2D eigenvalue weighted by molar-refractivity contribution is 9.10. The number of H-pyrrole nitrogens is 1. The lowest BCUT2D eigenvalue weighted by atomic mass is 10.1. The van der Waals surface area contributed by atoms with Crippen molar-refractivity contribution in [1.82, 2.24) is 25.2 Å². The van der Waals surface area contributed by atoms with Crippen molar-refractivity contribution in [1.29, 1.82) is 0 Å². The summed E-state index contributed by atoms with van der Waals surface area (Å²) in [4.78, 5) is 17.3. The fourth-order valence-electron chi connectivity index (χ4n) is 2.90. The second-order valence-corrected chi connectivity index (χ2v) is 6.57. The summed E-state index contributed by atoms with van der Waals surface area (Å²) in [7, 11) is 0. The molecule has 0 aliphatic rings. The first-order chi connectivity index (χ1) is 12.1. The number of nitrogens with one attached hydrogen (secondary N) is 1. The van der Waals surface area contributed by atoms with Crippen molar-refractivity contribution in [3.05, 3.63) is 64.3 Å². The lowest BCUT2D eigenvalue weighted by molar-refractivity contribution is 0.0962. The van der Waals surface area contributed by atoms with Gasteiger partial charge in [0.15, 0.2) is 5.78 Å². The molecule has 0 radical (unpaired) electrons. The normalized spacial score (nSPS) is 11.1. The van der Waals surface area contributed by atoms with Gasteiger partial charge >= 0.3 is 0 Å². The molecule has 124 valence electrons. The van der Waals surface area contributed by atoms with Gasteiger partial charge in [-0.3, -0.25) is 4.79 Å². The quantitative estimate of drug-likeness (QED) is 0.533. The molecule has 0 saturated carbocycles. The molecule has 6 nitrogen and oxygen atoms in total. The molecular weight excluding hydrogens is 382 g/mol. The van der Waals surface area contributed by atoms with Crippen LogP contribution in [0.3, 0.4) is 0 Å². The zero-order valence-electron chi connectivity index (χ0n) is 13.4. The maximum Gasteiger partial charge on any atom is 0.206 e. The average molecular weight is 396 g/mol.